The molecule has 1 unspecified atom stereocenters. The predicted molar refractivity (Wildman–Crippen MR) is 109 cm³/mol. The molecule has 1 aromatic heterocycles. The lowest BCUT2D eigenvalue weighted by atomic mass is 9.84. The highest BCUT2D eigenvalue weighted by Crippen LogP contribution is 2.41. The summed E-state index contributed by atoms with van der Waals surface area (Å²) in [5.41, 5.74) is 7.48. The van der Waals surface area contributed by atoms with Gasteiger partial charge in [0, 0.05) is 24.0 Å². The summed E-state index contributed by atoms with van der Waals surface area (Å²) in [7, 11) is 0. The molecule has 26 heavy (non-hydrogen) atoms. The van der Waals surface area contributed by atoms with Gasteiger partial charge in [0.15, 0.2) is 0 Å². The summed E-state index contributed by atoms with van der Waals surface area (Å²) in [6, 6.07) is 28.0. The molecule has 4 aromatic rings. The molecule has 1 aliphatic heterocycles. The molecule has 0 spiro atoms. The molecule has 126 valence electrons. The minimum atomic E-state index is 0.430. The number of aromatic nitrogens is 1. The zero-order valence-corrected chi connectivity index (χ0v) is 14.5. The first-order chi connectivity index (χ1) is 12.9. The van der Waals surface area contributed by atoms with Gasteiger partial charge in [-0.2, -0.15) is 0 Å². The third-order valence-electron chi connectivity index (χ3n) is 5.34. The van der Waals surface area contributed by atoms with Crippen LogP contribution in [0.1, 0.15) is 23.5 Å². The Morgan fingerprint density at radius 2 is 1.58 bits per heavy atom. The van der Waals surface area contributed by atoms with Crippen molar-refractivity contribution in [3.05, 3.63) is 96.2 Å². The fourth-order valence-electron chi connectivity index (χ4n) is 4.11. The van der Waals surface area contributed by atoms with Gasteiger partial charge in [-0.1, -0.05) is 72.8 Å². The van der Waals surface area contributed by atoms with Crippen LogP contribution in [0.25, 0.3) is 22.0 Å². The lowest BCUT2D eigenvalue weighted by Gasteiger charge is -2.28. The first kappa shape index (κ1) is 15.2. The molecule has 0 aliphatic carbocycles. The van der Waals surface area contributed by atoms with Crippen molar-refractivity contribution >= 4 is 16.6 Å². The smallest absolute Gasteiger partial charge is 0.0942 e. The molecule has 0 saturated carbocycles. The number of benzene rings is 3. The number of fused-ring (bicyclic) bond motifs is 3. The van der Waals surface area contributed by atoms with Crippen molar-refractivity contribution in [3.63, 3.8) is 0 Å². The van der Waals surface area contributed by atoms with Crippen LogP contribution in [0.3, 0.4) is 0 Å². The number of nitrogens with one attached hydrogen (secondary N) is 1. The molecule has 1 atom stereocenters. The number of hydrogen-bond acceptors (Lipinski definition) is 2. The summed E-state index contributed by atoms with van der Waals surface area (Å²) in [5, 5.41) is 4.83. The topological polar surface area (TPSA) is 24.9 Å². The van der Waals surface area contributed by atoms with Crippen molar-refractivity contribution < 1.29 is 0 Å². The zero-order valence-electron chi connectivity index (χ0n) is 14.5. The van der Waals surface area contributed by atoms with E-state index >= 15 is 0 Å². The summed E-state index contributed by atoms with van der Waals surface area (Å²) < 4.78 is 0. The van der Waals surface area contributed by atoms with E-state index in [-0.39, 0.29) is 0 Å². The monoisotopic (exact) mass is 336 g/mol. The van der Waals surface area contributed by atoms with Crippen LogP contribution in [0, 0.1) is 0 Å². The molecule has 2 heterocycles. The number of hydrogen-bond donors (Lipinski definition) is 1. The molecule has 2 heteroatoms. The van der Waals surface area contributed by atoms with Gasteiger partial charge in [0.2, 0.25) is 0 Å². The first-order valence-electron chi connectivity index (χ1n) is 9.18. The summed E-state index contributed by atoms with van der Waals surface area (Å²) in [5.74, 6) is 0.430. The van der Waals surface area contributed by atoms with Crippen molar-refractivity contribution in [3.8, 4) is 11.1 Å². The Morgan fingerprint density at radius 3 is 2.38 bits per heavy atom. The van der Waals surface area contributed by atoms with Crippen molar-refractivity contribution in [2.45, 2.75) is 12.3 Å². The molecule has 3 aromatic carbocycles. The molecule has 0 radical (unpaired) electrons. The Morgan fingerprint density at radius 1 is 0.808 bits per heavy atom. The summed E-state index contributed by atoms with van der Waals surface area (Å²) in [6.07, 6.45) is 3.04. The van der Waals surface area contributed by atoms with Crippen LogP contribution in [-0.4, -0.2) is 11.5 Å². The van der Waals surface area contributed by atoms with E-state index in [4.69, 9.17) is 4.98 Å². The maximum absolute atomic E-state index is 4.75. The molecular formula is C24H20N2. The fourth-order valence-corrected chi connectivity index (χ4v) is 4.11. The van der Waals surface area contributed by atoms with Gasteiger partial charge in [-0.25, -0.2) is 0 Å². The predicted octanol–water partition coefficient (Wildman–Crippen LogP) is 5.85. The van der Waals surface area contributed by atoms with E-state index in [2.05, 4.69) is 84.2 Å². The lowest BCUT2D eigenvalue weighted by molar-refractivity contribution is 0.722. The Bertz CT molecular complexity index is 1060. The molecule has 1 aliphatic rings. The van der Waals surface area contributed by atoms with Gasteiger partial charge in [-0.15, -0.1) is 0 Å². The minimum Gasteiger partial charge on any atom is -0.383 e. The summed E-state index contributed by atoms with van der Waals surface area (Å²) in [4.78, 5) is 4.75. The second-order valence-electron chi connectivity index (χ2n) is 6.83. The second-order valence-corrected chi connectivity index (χ2v) is 6.83. The lowest BCUT2D eigenvalue weighted by Crippen LogP contribution is -2.18. The van der Waals surface area contributed by atoms with Crippen LogP contribution in [-0.2, 0) is 0 Å². The van der Waals surface area contributed by atoms with Gasteiger partial charge in [0.25, 0.3) is 0 Å². The summed E-state index contributed by atoms with van der Waals surface area (Å²) >= 11 is 0. The van der Waals surface area contributed by atoms with Gasteiger partial charge >= 0.3 is 0 Å². The van der Waals surface area contributed by atoms with E-state index in [1.54, 1.807) is 0 Å². The van der Waals surface area contributed by atoms with Crippen LogP contribution in [0.15, 0.2) is 85.1 Å². The molecule has 1 N–H and O–H groups in total. The standard InChI is InChI=1S/C24H20N2/c1-3-7-17(8-4-1)19-13-15-25-23-21(19)11-12-22-20(14-16-26-24(22)23)18-9-5-2-6-10-18/h1-13,15,20,26H,14,16H2. The van der Waals surface area contributed by atoms with E-state index in [0.717, 1.165) is 18.5 Å². The quantitative estimate of drug-likeness (QED) is 0.497. The second kappa shape index (κ2) is 6.30. The maximum atomic E-state index is 4.75. The van der Waals surface area contributed by atoms with Crippen LogP contribution in [0.4, 0.5) is 5.69 Å². The number of nitrogens with zero attached hydrogens (tertiary/aromatic N) is 1. The number of pyridine rings is 1. The van der Waals surface area contributed by atoms with Crippen LogP contribution in [0.5, 0.6) is 0 Å². The minimum absolute atomic E-state index is 0.430. The van der Waals surface area contributed by atoms with E-state index in [0.29, 0.717) is 5.92 Å². The van der Waals surface area contributed by atoms with Crippen molar-refractivity contribution in [2.75, 3.05) is 11.9 Å². The summed E-state index contributed by atoms with van der Waals surface area (Å²) in [6.45, 7) is 0.975. The van der Waals surface area contributed by atoms with Gasteiger partial charge in [0.1, 0.15) is 0 Å². The Kier molecular flexibility index (Phi) is 3.67. The fraction of sp³-hybridized carbons (Fsp3) is 0.125. The molecule has 0 bridgehead atoms. The molecule has 2 nitrogen and oxygen atoms in total. The number of rotatable bonds is 2. The Hall–Kier alpha value is -3.13. The SMILES string of the molecule is c1ccc(-c2ccnc3c4c(ccc23)C(c2ccccc2)CCN4)cc1. The largest absolute Gasteiger partial charge is 0.383 e. The molecule has 0 amide bonds. The molecular weight excluding hydrogens is 316 g/mol. The molecule has 0 fully saturated rings. The van der Waals surface area contributed by atoms with Gasteiger partial charge in [-0.05, 0) is 34.7 Å². The average Bonchev–Trinajstić information content (AvgIpc) is 2.74. The van der Waals surface area contributed by atoms with Crippen molar-refractivity contribution in [1.29, 1.82) is 0 Å². The van der Waals surface area contributed by atoms with Crippen molar-refractivity contribution in [1.82, 2.24) is 4.98 Å². The average molecular weight is 336 g/mol. The highest BCUT2D eigenvalue weighted by molar-refractivity contribution is 6.01. The zero-order chi connectivity index (χ0) is 17.3. The third-order valence-corrected chi connectivity index (χ3v) is 5.34. The van der Waals surface area contributed by atoms with E-state index in [9.17, 15) is 0 Å². The number of anilines is 1. The highest BCUT2D eigenvalue weighted by Gasteiger charge is 2.24. The Labute approximate surface area is 153 Å². The normalized spacial score (nSPS) is 16.1. The van der Waals surface area contributed by atoms with Crippen LogP contribution < -0.4 is 5.32 Å². The van der Waals surface area contributed by atoms with Gasteiger partial charge in [0.05, 0.1) is 11.2 Å². The molecule has 0 saturated heterocycles. The van der Waals surface area contributed by atoms with Crippen LogP contribution in [0.2, 0.25) is 0 Å². The van der Waals surface area contributed by atoms with E-state index in [1.807, 2.05) is 6.20 Å². The van der Waals surface area contributed by atoms with Crippen LogP contribution >= 0.6 is 0 Å². The van der Waals surface area contributed by atoms with E-state index in [1.165, 1.54) is 33.3 Å². The van der Waals surface area contributed by atoms with Gasteiger partial charge < -0.3 is 5.32 Å². The maximum Gasteiger partial charge on any atom is 0.0942 e. The third kappa shape index (κ3) is 2.46. The van der Waals surface area contributed by atoms with E-state index < -0.39 is 0 Å². The van der Waals surface area contributed by atoms with Gasteiger partial charge in [-0.3, -0.25) is 4.98 Å². The molecule has 5 rings (SSSR count). The Balaban J connectivity index is 1.71. The highest BCUT2D eigenvalue weighted by atomic mass is 14.9. The first-order valence-corrected chi connectivity index (χ1v) is 9.18. The van der Waals surface area contributed by atoms with Crippen molar-refractivity contribution in [2.24, 2.45) is 0 Å².